The van der Waals surface area contributed by atoms with Crippen molar-refractivity contribution in [1.29, 1.82) is 0 Å². The molecular weight excluding hydrogens is 289 g/mol. The molecule has 4 heteroatoms. The van der Waals surface area contributed by atoms with Gasteiger partial charge in [0.2, 0.25) is 0 Å². The zero-order chi connectivity index (χ0) is 15.8. The van der Waals surface area contributed by atoms with Gasteiger partial charge in [0, 0.05) is 23.2 Å². The van der Waals surface area contributed by atoms with Gasteiger partial charge in [0.25, 0.3) is 0 Å². The third-order valence-electron chi connectivity index (χ3n) is 4.78. The number of benzene rings is 2. The maximum atomic E-state index is 13.7. The SMILES string of the molecule is CN1CCC(C2=Nc3cc(F)ccc3Nc3ccccc32)CC1. The van der Waals surface area contributed by atoms with Crippen LogP contribution in [0.15, 0.2) is 47.5 Å². The highest BCUT2D eigenvalue weighted by Crippen LogP contribution is 2.37. The number of fused-ring (bicyclic) bond motifs is 2. The average molecular weight is 309 g/mol. The normalized spacial score (nSPS) is 18.4. The summed E-state index contributed by atoms with van der Waals surface area (Å²) < 4.78 is 13.7. The Bertz CT molecular complexity index is 761. The molecule has 2 aliphatic heterocycles. The lowest BCUT2D eigenvalue weighted by molar-refractivity contribution is 0.252. The van der Waals surface area contributed by atoms with Gasteiger partial charge in [0.15, 0.2) is 0 Å². The van der Waals surface area contributed by atoms with Crippen LogP contribution in [-0.4, -0.2) is 30.7 Å². The van der Waals surface area contributed by atoms with Crippen molar-refractivity contribution in [2.75, 3.05) is 25.5 Å². The molecule has 0 bridgehead atoms. The fourth-order valence-corrected chi connectivity index (χ4v) is 3.45. The number of likely N-dealkylation sites (tertiary alicyclic amines) is 1. The van der Waals surface area contributed by atoms with Gasteiger partial charge in [-0.15, -0.1) is 0 Å². The van der Waals surface area contributed by atoms with Gasteiger partial charge in [-0.1, -0.05) is 18.2 Å². The molecule has 23 heavy (non-hydrogen) atoms. The molecule has 2 aliphatic rings. The van der Waals surface area contributed by atoms with Crippen molar-refractivity contribution in [3.8, 4) is 0 Å². The first-order valence-corrected chi connectivity index (χ1v) is 8.14. The van der Waals surface area contributed by atoms with Gasteiger partial charge in [0.1, 0.15) is 5.82 Å². The van der Waals surface area contributed by atoms with E-state index in [-0.39, 0.29) is 5.82 Å². The number of nitrogens with zero attached hydrogens (tertiary/aromatic N) is 2. The van der Waals surface area contributed by atoms with E-state index in [1.165, 1.54) is 12.1 Å². The zero-order valence-electron chi connectivity index (χ0n) is 13.2. The molecule has 0 aliphatic carbocycles. The zero-order valence-corrected chi connectivity index (χ0v) is 13.2. The quantitative estimate of drug-likeness (QED) is 0.848. The van der Waals surface area contributed by atoms with Crippen LogP contribution in [0.25, 0.3) is 0 Å². The van der Waals surface area contributed by atoms with Crippen LogP contribution in [0.5, 0.6) is 0 Å². The third kappa shape index (κ3) is 2.75. The van der Waals surface area contributed by atoms with E-state index in [2.05, 4.69) is 29.4 Å². The summed E-state index contributed by atoms with van der Waals surface area (Å²) in [6, 6.07) is 13.0. The van der Waals surface area contributed by atoms with Crippen molar-refractivity contribution in [2.24, 2.45) is 10.9 Å². The fraction of sp³-hybridized carbons (Fsp3) is 0.316. The van der Waals surface area contributed by atoms with Gasteiger partial charge in [-0.05, 0) is 51.2 Å². The van der Waals surface area contributed by atoms with E-state index in [1.807, 2.05) is 12.1 Å². The highest BCUT2D eigenvalue weighted by molar-refractivity contribution is 6.10. The molecule has 0 spiro atoms. The highest BCUT2D eigenvalue weighted by Gasteiger charge is 2.26. The molecule has 0 aromatic heterocycles. The minimum atomic E-state index is -0.247. The van der Waals surface area contributed by atoms with Gasteiger partial charge in [-0.3, -0.25) is 4.99 Å². The number of para-hydroxylation sites is 1. The maximum Gasteiger partial charge on any atom is 0.125 e. The van der Waals surface area contributed by atoms with Crippen molar-refractivity contribution in [1.82, 2.24) is 4.90 Å². The lowest BCUT2D eigenvalue weighted by atomic mass is 9.87. The summed E-state index contributed by atoms with van der Waals surface area (Å²) in [6.45, 7) is 2.16. The van der Waals surface area contributed by atoms with E-state index in [4.69, 9.17) is 4.99 Å². The Balaban J connectivity index is 1.83. The summed E-state index contributed by atoms with van der Waals surface area (Å²) in [4.78, 5) is 7.24. The Kier molecular flexibility index (Phi) is 3.62. The third-order valence-corrected chi connectivity index (χ3v) is 4.78. The standard InChI is InChI=1S/C19H20FN3/c1-23-10-8-13(9-11-23)19-15-4-2-3-5-16(15)21-17-7-6-14(20)12-18(17)22-19/h2-7,12-13,21H,8-11H2,1H3. The molecule has 2 aromatic rings. The molecule has 4 rings (SSSR count). The fourth-order valence-electron chi connectivity index (χ4n) is 3.45. The van der Waals surface area contributed by atoms with Crippen molar-refractivity contribution in [3.63, 3.8) is 0 Å². The number of piperidine rings is 1. The largest absolute Gasteiger partial charge is 0.353 e. The number of halogens is 1. The van der Waals surface area contributed by atoms with E-state index in [0.717, 1.165) is 48.6 Å². The maximum absolute atomic E-state index is 13.7. The van der Waals surface area contributed by atoms with E-state index >= 15 is 0 Å². The molecule has 118 valence electrons. The predicted octanol–water partition coefficient (Wildman–Crippen LogP) is 4.35. The number of anilines is 2. The minimum absolute atomic E-state index is 0.247. The van der Waals surface area contributed by atoms with Gasteiger partial charge in [-0.2, -0.15) is 0 Å². The van der Waals surface area contributed by atoms with E-state index in [9.17, 15) is 4.39 Å². The van der Waals surface area contributed by atoms with Crippen molar-refractivity contribution < 1.29 is 4.39 Å². The Hall–Kier alpha value is -2.20. The molecule has 1 fully saturated rings. The summed E-state index contributed by atoms with van der Waals surface area (Å²) >= 11 is 0. The number of rotatable bonds is 1. The van der Waals surface area contributed by atoms with Crippen LogP contribution in [0.4, 0.5) is 21.5 Å². The van der Waals surface area contributed by atoms with Gasteiger partial charge in [-0.25, -0.2) is 4.39 Å². The molecule has 3 nitrogen and oxygen atoms in total. The summed E-state index contributed by atoms with van der Waals surface area (Å²) in [6.07, 6.45) is 2.18. The molecule has 1 N–H and O–H groups in total. The molecule has 2 heterocycles. The van der Waals surface area contributed by atoms with Crippen LogP contribution in [0.2, 0.25) is 0 Å². The first-order valence-electron chi connectivity index (χ1n) is 8.14. The topological polar surface area (TPSA) is 27.6 Å². The van der Waals surface area contributed by atoms with E-state index in [1.54, 1.807) is 6.07 Å². The molecule has 0 atom stereocenters. The first-order chi connectivity index (χ1) is 11.2. The van der Waals surface area contributed by atoms with Gasteiger partial charge >= 0.3 is 0 Å². The van der Waals surface area contributed by atoms with Gasteiger partial charge in [0.05, 0.1) is 17.1 Å². The first kappa shape index (κ1) is 14.4. The summed E-state index contributed by atoms with van der Waals surface area (Å²) in [5.74, 6) is 0.173. The molecular formula is C19H20FN3. The predicted molar refractivity (Wildman–Crippen MR) is 92.5 cm³/mol. The lowest BCUT2D eigenvalue weighted by Crippen LogP contribution is -2.33. The van der Waals surface area contributed by atoms with E-state index < -0.39 is 0 Å². The molecule has 0 radical (unpaired) electrons. The Morgan fingerprint density at radius 3 is 2.70 bits per heavy atom. The van der Waals surface area contributed by atoms with Crippen LogP contribution < -0.4 is 5.32 Å². The molecule has 2 aromatic carbocycles. The average Bonchev–Trinajstić information content (AvgIpc) is 2.72. The molecule has 0 unspecified atom stereocenters. The smallest absolute Gasteiger partial charge is 0.125 e. The van der Waals surface area contributed by atoms with Crippen molar-refractivity contribution in [2.45, 2.75) is 12.8 Å². The van der Waals surface area contributed by atoms with Crippen molar-refractivity contribution >= 4 is 22.8 Å². The van der Waals surface area contributed by atoms with Crippen molar-refractivity contribution in [3.05, 3.63) is 53.8 Å². The lowest BCUT2D eigenvalue weighted by Gasteiger charge is -2.30. The van der Waals surface area contributed by atoms with Crippen LogP contribution in [0.1, 0.15) is 18.4 Å². The number of nitrogens with one attached hydrogen (secondary N) is 1. The molecule has 0 saturated carbocycles. The second-order valence-electron chi connectivity index (χ2n) is 6.41. The minimum Gasteiger partial charge on any atom is -0.353 e. The Morgan fingerprint density at radius 2 is 1.87 bits per heavy atom. The van der Waals surface area contributed by atoms with Gasteiger partial charge < -0.3 is 10.2 Å². The molecule has 0 amide bonds. The highest BCUT2D eigenvalue weighted by atomic mass is 19.1. The second kappa shape index (κ2) is 5.78. The van der Waals surface area contributed by atoms with Crippen LogP contribution in [0.3, 0.4) is 0 Å². The number of hydrogen-bond acceptors (Lipinski definition) is 3. The summed E-state index contributed by atoms with van der Waals surface area (Å²) in [5, 5.41) is 3.42. The monoisotopic (exact) mass is 309 g/mol. The number of aliphatic imine (C=N–C) groups is 1. The van der Waals surface area contributed by atoms with Crippen LogP contribution in [-0.2, 0) is 0 Å². The summed E-state index contributed by atoms with van der Waals surface area (Å²) in [7, 11) is 2.16. The molecule has 1 saturated heterocycles. The number of hydrogen-bond donors (Lipinski definition) is 1. The van der Waals surface area contributed by atoms with E-state index in [0.29, 0.717) is 11.6 Å². The van der Waals surface area contributed by atoms with Crippen LogP contribution >= 0.6 is 0 Å². The Labute approximate surface area is 135 Å². The second-order valence-corrected chi connectivity index (χ2v) is 6.41. The Morgan fingerprint density at radius 1 is 1.09 bits per heavy atom. The summed E-state index contributed by atoms with van der Waals surface area (Å²) in [5.41, 5.74) is 4.83. The van der Waals surface area contributed by atoms with Crippen LogP contribution in [0, 0.1) is 11.7 Å².